The summed E-state index contributed by atoms with van der Waals surface area (Å²) in [6, 6.07) is 8.66. The van der Waals surface area contributed by atoms with E-state index in [9.17, 15) is 14.0 Å². The second kappa shape index (κ2) is 9.17. The summed E-state index contributed by atoms with van der Waals surface area (Å²) in [6.45, 7) is 3.39. The van der Waals surface area contributed by atoms with E-state index in [0.29, 0.717) is 5.56 Å². The minimum Gasteiger partial charge on any atom is -0.453 e. The lowest BCUT2D eigenvalue weighted by atomic mass is 10.0. The summed E-state index contributed by atoms with van der Waals surface area (Å²) < 4.78 is 21.3. The Morgan fingerprint density at radius 3 is 2.77 bits per heavy atom. The lowest BCUT2D eigenvalue weighted by Crippen LogP contribution is -2.35. The van der Waals surface area contributed by atoms with E-state index in [-0.39, 0.29) is 29.2 Å². The van der Waals surface area contributed by atoms with Crippen LogP contribution in [0, 0.1) is 25.2 Å². The summed E-state index contributed by atoms with van der Waals surface area (Å²) in [6.07, 6.45) is 2.43. The van der Waals surface area contributed by atoms with Gasteiger partial charge < -0.3 is 10.1 Å². The van der Waals surface area contributed by atoms with E-state index in [2.05, 4.69) is 15.4 Å². The second-order valence-electron chi connectivity index (χ2n) is 6.97. The monoisotopic (exact) mass is 421 g/mol. The molecule has 0 bridgehead atoms. The number of ether oxygens (including phenoxy) is 1. The van der Waals surface area contributed by atoms with E-state index in [1.807, 2.05) is 19.1 Å². The molecule has 0 unspecified atom stereocenters. The highest BCUT2D eigenvalue weighted by molar-refractivity contribution is 5.96. The predicted molar refractivity (Wildman–Crippen MR) is 111 cm³/mol. The van der Waals surface area contributed by atoms with Gasteiger partial charge in [0, 0.05) is 19.3 Å². The van der Waals surface area contributed by atoms with Gasteiger partial charge >= 0.3 is 0 Å². The van der Waals surface area contributed by atoms with E-state index < -0.39 is 17.6 Å². The summed E-state index contributed by atoms with van der Waals surface area (Å²) in [5, 5.41) is 15.3. The number of aryl methyl sites for hydroxylation is 3. The Kier molecular flexibility index (Phi) is 6.40. The molecule has 8 nitrogen and oxygen atoms in total. The first kappa shape index (κ1) is 21.6. The van der Waals surface area contributed by atoms with E-state index in [1.165, 1.54) is 31.7 Å². The molecule has 31 heavy (non-hydrogen) atoms. The fourth-order valence-corrected chi connectivity index (χ4v) is 3.03. The third-order valence-corrected chi connectivity index (χ3v) is 4.60. The Bertz CT molecular complexity index is 1230. The first-order valence-electron chi connectivity index (χ1n) is 9.39. The van der Waals surface area contributed by atoms with Crippen LogP contribution in [0.1, 0.15) is 38.8 Å². The molecule has 0 saturated heterocycles. The highest BCUT2D eigenvalue weighted by Gasteiger charge is 2.22. The van der Waals surface area contributed by atoms with Crippen LogP contribution in [0.15, 0.2) is 47.7 Å². The summed E-state index contributed by atoms with van der Waals surface area (Å²) in [4.78, 5) is 29.2. The number of amides is 1. The average molecular weight is 421 g/mol. The van der Waals surface area contributed by atoms with Crippen molar-refractivity contribution in [3.63, 3.8) is 0 Å². The number of benzene rings is 1. The summed E-state index contributed by atoms with van der Waals surface area (Å²) in [5.74, 6) is -0.768. The minimum atomic E-state index is -1.45. The second-order valence-corrected chi connectivity index (χ2v) is 6.97. The standard InChI is InChI=1S/C22H20FN5O3/c1-13-4-5-17(14(2)6-13)18(23)11-26-21(29)20-19(12-27-28(3)22(20)30)31-16-7-15(8-24)9-25-10-16/h4-7,9-10,12,18H,11H2,1-3H3,(H,26,29)/t18-/m1/s1. The van der Waals surface area contributed by atoms with Crippen LogP contribution in [0.5, 0.6) is 11.5 Å². The third-order valence-electron chi connectivity index (χ3n) is 4.60. The van der Waals surface area contributed by atoms with Gasteiger partial charge in [-0.25, -0.2) is 9.07 Å². The highest BCUT2D eigenvalue weighted by atomic mass is 19.1. The zero-order valence-electron chi connectivity index (χ0n) is 17.2. The van der Waals surface area contributed by atoms with Gasteiger partial charge in [-0.2, -0.15) is 10.4 Å². The molecule has 0 saturated carbocycles. The number of alkyl halides is 1. The first-order valence-corrected chi connectivity index (χ1v) is 9.39. The van der Waals surface area contributed by atoms with Crippen molar-refractivity contribution in [2.24, 2.45) is 7.05 Å². The number of nitrogens with zero attached hydrogens (tertiary/aromatic N) is 4. The lowest BCUT2D eigenvalue weighted by molar-refractivity contribution is 0.0936. The number of nitrogens with one attached hydrogen (secondary N) is 1. The molecule has 1 atom stereocenters. The topological polar surface area (TPSA) is 110 Å². The van der Waals surface area contributed by atoms with Crippen molar-refractivity contribution in [2.75, 3.05) is 6.54 Å². The lowest BCUT2D eigenvalue weighted by Gasteiger charge is -2.15. The zero-order valence-corrected chi connectivity index (χ0v) is 17.2. The molecule has 3 aromatic rings. The van der Waals surface area contributed by atoms with Gasteiger partial charge in [-0.1, -0.05) is 23.8 Å². The number of carbonyl (C=O) groups is 1. The molecule has 1 N–H and O–H groups in total. The SMILES string of the molecule is Cc1ccc([C@H](F)CNC(=O)c2c(Oc3cncc(C#N)c3)cnn(C)c2=O)c(C)c1. The maximum atomic E-state index is 14.7. The van der Waals surface area contributed by atoms with Gasteiger partial charge in [-0.05, 0) is 25.0 Å². The van der Waals surface area contributed by atoms with Crippen LogP contribution in [0.2, 0.25) is 0 Å². The fourth-order valence-electron chi connectivity index (χ4n) is 3.03. The Morgan fingerprint density at radius 2 is 2.06 bits per heavy atom. The molecule has 0 aliphatic rings. The zero-order chi connectivity index (χ0) is 22.5. The van der Waals surface area contributed by atoms with Crippen molar-refractivity contribution in [2.45, 2.75) is 20.0 Å². The maximum absolute atomic E-state index is 14.7. The number of halogens is 1. The molecule has 9 heteroatoms. The normalized spacial score (nSPS) is 11.5. The molecule has 0 radical (unpaired) electrons. The molecule has 158 valence electrons. The predicted octanol–water partition coefficient (Wildman–Crippen LogP) is 2.90. The molecular formula is C22H20FN5O3. The molecule has 2 aromatic heterocycles. The van der Waals surface area contributed by atoms with Crippen molar-refractivity contribution in [1.29, 1.82) is 5.26 Å². The molecule has 1 aromatic carbocycles. The number of pyridine rings is 1. The Labute approximate surface area is 177 Å². The van der Waals surface area contributed by atoms with Gasteiger partial charge in [-0.3, -0.25) is 14.6 Å². The number of carbonyl (C=O) groups excluding carboxylic acids is 1. The van der Waals surface area contributed by atoms with E-state index in [4.69, 9.17) is 10.00 Å². The summed E-state index contributed by atoms with van der Waals surface area (Å²) in [7, 11) is 1.38. The van der Waals surface area contributed by atoms with Crippen LogP contribution in [0.4, 0.5) is 4.39 Å². The molecule has 0 spiro atoms. The number of hydrogen-bond acceptors (Lipinski definition) is 6. The number of aromatic nitrogens is 3. The first-order chi connectivity index (χ1) is 14.8. The van der Waals surface area contributed by atoms with Gasteiger partial charge in [-0.15, -0.1) is 0 Å². The quantitative estimate of drug-likeness (QED) is 0.655. The number of nitriles is 1. The number of rotatable bonds is 6. The van der Waals surface area contributed by atoms with Gasteiger partial charge in [0.25, 0.3) is 11.5 Å². The molecule has 1 amide bonds. The van der Waals surface area contributed by atoms with Crippen LogP contribution in [-0.2, 0) is 7.05 Å². The Morgan fingerprint density at radius 1 is 1.29 bits per heavy atom. The molecular weight excluding hydrogens is 401 g/mol. The highest BCUT2D eigenvalue weighted by Crippen LogP contribution is 2.24. The molecule has 0 aliphatic carbocycles. The fraction of sp³-hybridized carbons (Fsp3) is 0.227. The smallest absolute Gasteiger partial charge is 0.283 e. The van der Waals surface area contributed by atoms with Crippen molar-refractivity contribution in [1.82, 2.24) is 20.1 Å². The Hall–Kier alpha value is -4.06. The Balaban J connectivity index is 1.83. The van der Waals surface area contributed by atoms with Crippen LogP contribution in [0.25, 0.3) is 0 Å². The van der Waals surface area contributed by atoms with Crippen LogP contribution in [-0.4, -0.2) is 27.2 Å². The summed E-state index contributed by atoms with van der Waals surface area (Å²) in [5.41, 5.74) is 1.46. The maximum Gasteiger partial charge on any atom is 0.283 e. The van der Waals surface area contributed by atoms with Crippen LogP contribution in [0.3, 0.4) is 0 Å². The van der Waals surface area contributed by atoms with Crippen molar-refractivity contribution < 1.29 is 13.9 Å². The van der Waals surface area contributed by atoms with Gasteiger partial charge in [0.1, 0.15) is 18.0 Å². The van der Waals surface area contributed by atoms with E-state index in [1.54, 1.807) is 19.1 Å². The van der Waals surface area contributed by atoms with Gasteiger partial charge in [0.15, 0.2) is 11.3 Å². The largest absolute Gasteiger partial charge is 0.453 e. The van der Waals surface area contributed by atoms with Crippen LogP contribution < -0.4 is 15.6 Å². The summed E-state index contributed by atoms with van der Waals surface area (Å²) >= 11 is 0. The van der Waals surface area contributed by atoms with E-state index in [0.717, 1.165) is 15.8 Å². The van der Waals surface area contributed by atoms with Crippen LogP contribution >= 0.6 is 0 Å². The van der Waals surface area contributed by atoms with Crippen molar-refractivity contribution in [3.8, 4) is 17.6 Å². The average Bonchev–Trinajstić information content (AvgIpc) is 2.74. The molecule has 0 aliphatic heterocycles. The molecule has 0 fully saturated rings. The molecule has 3 rings (SSSR count). The third kappa shape index (κ3) is 4.93. The van der Waals surface area contributed by atoms with Crippen molar-refractivity contribution in [3.05, 3.63) is 81.0 Å². The van der Waals surface area contributed by atoms with E-state index >= 15 is 0 Å². The van der Waals surface area contributed by atoms with Gasteiger partial charge in [0.05, 0.1) is 24.5 Å². The molecule has 2 heterocycles. The number of hydrogen-bond donors (Lipinski definition) is 1. The van der Waals surface area contributed by atoms with Crippen molar-refractivity contribution >= 4 is 5.91 Å². The minimum absolute atomic E-state index is 0.126. The van der Waals surface area contributed by atoms with Gasteiger partial charge in [0.2, 0.25) is 0 Å².